The maximum absolute atomic E-state index is 11.7. The lowest BCUT2D eigenvalue weighted by molar-refractivity contribution is -0.152. The zero-order valence-electron chi connectivity index (χ0n) is 15.0. The maximum atomic E-state index is 11.7. The van der Waals surface area contributed by atoms with Gasteiger partial charge in [0.2, 0.25) is 0 Å². The Bertz CT molecular complexity index is 334. The van der Waals surface area contributed by atoms with Gasteiger partial charge in [-0.15, -0.1) is 0 Å². The van der Waals surface area contributed by atoms with E-state index in [0.29, 0.717) is 25.0 Å². The lowest BCUT2D eigenvalue weighted by Gasteiger charge is -2.21. The second-order valence-corrected chi connectivity index (χ2v) is 6.79. The number of ether oxygens (including phenoxy) is 2. The number of rotatable bonds is 11. The molecule has 1 rings (SSSR count). The number of hydrogen-bond acceptors (Lipinski definition) is 4. The first-order valence-corrected chi connectivity index (χ1v) is 9.46. The molecule has 1 aliphatic rings. The zero-order chi connectivity index (χ0) is 16.9. The predicted octanol–water partition coefficient (Wildman–Crippen LogP) is 4.65. The predicted molar refractivity (Wildman–Crippen MR) is 91.0 cm³/mol. The Labute approximate surface area is 141 Å². The van der Waals surface area contributed by atoms with Crippen LogP contribution in [0.3, 0.4) is 0 Å². The molecular formula is C19H34O4. The normalized spacial score (nSPS) is 16.8. The van der Waals surface area contributed by atoms with E-state index >= 15 is 0 Å². The van der Waals surface area contributed by atoms with E-state index < -0.39 is 0 Å². The van der Waals surface area contributed by atoms with Gasteiger partial charge in [-0.2, -0.15) is 0 Å². The molecule has 4 heteroatoms. The largest absolute Gasteiger partial charge is 0.465 e. The molecular weight excluding hydrogens is 292 g/mol. The fourth-order valence-electron chi connectivity index (χ4n) is 3.02. The molecule has 23 heavy (non-hydrogen) atoms. The van der Waals surface area contributed by atoms with Crippen LogP contribution in [0, 0.1) is 11.8 Å². The number of esters is 2. The zero-order valence-corrected chi connectivity index (χ0v) is 15.0. The van der Waals surface area contributed by atoms with E-state index in [-0.39, 0.29) is 24.8 Å². The molecule has 4 nitrogen and oxygen atoms in total. The summed E-state index contributed by atoms with van der Waals surface area (Å²) in [5.74, 6) is 0.404. The molecule has 1 atom stereocenters. The summed E-state index contributed by atoms with van der Waals surface area (Å²) in [6.45, 7) is 5.28. The molecule has 134 valence electrons. The van der Waals surface area contributed by atoms with Crippen LogP contribution in [-0.2, 0) is 19.1 Å². The van der Waals surface area contributed by atoms with E-state index in [9.17, 15) is 9.59 Å². The highest BCUT2D eigenvalue weighted by atomic mass is 16.5. The molecule has 1 fully saturated rings. The van der Waals surface area contributed by atoms with Gasteiger partial charge in [0.25, 0.3) is 0 Å². The molecule has 0 heterocycles. The van der Waals surface area contributed by atoms with Crippen LogP contribution in [0.5, 0.6) is 0 Å². The first-order chi connectivity index (χ1) is 11.2. The molecule has 0 bridgehead atoms. The molecule has 0 aliphatic heterocycles. The summed E-state index contributed by atoms with van der Waals surface area (Å²) in [5, 5.41) is 0. The number of hydrogen-bond donors (Lipinski definition) is 0. The van der Waals surface area contributed by atoms with Gasteiger partial charge in [-0.25, -0.2) is 0 Å². The van der Waals surface area contributed by atoms with Gasteiger partial charge >= 0.3 is 11.9 Å². The second-order valence-electron chi connectivity index (χ2n) is 6.79. The van der Waals surface area contributed by atoms with Crippen molar-refractivity contribution >= 4 is 11.9 Å². The fraction of sp³-hybridized carbons (Fsp3) is 0.895. The molecule has 1 aliphatic carbocycles. The van der Waals surface area contributed by atoms with Crippen LogP contribution in [-0.4, -0.2) is 25.2 Å². The van der Waals surface area contributed by atoms with Crippen molar-refractivity contribution in [3.63, 3.8) is 0 Å². The van der Waals surface area contributed by atoms with Gasteiger partial charge in [0.05, 0.1) is 26.1 Å². The number of unbranched alkanes of at least 4 members (excludes halogenated alkanes) is 1. The van der Waals surface area contributed by atoms with Crippen molar-refractivity contribution in [1.82, 2.24) is 0 Å². The van der Waals surface area contributed by atoms with Crippen LogP contribution in [0.15, 0.2) is 0 Å². The minimum atomic E-state index is -0.283. The van der Waals surface area contributed by atoms with E-state index in [2.05, 4.69) is 13.8 Å². The molecule has 0 aromatic carbocycles. The van der Waals surface area contributed by atoms with Crippen LogP contribution in [0.4, 0.5) is 0 Å². The summed E-state index contributed by atoms with van der Waals surface area (Å²) in [6, 6.07) is 0. The van der Waals surface area contributed by atoms with E-state index in [1.807, 2.05) is 0 Å². The smallest absolute Gasteiger partial charge is 0.306 e. The molecule has 0 spiro atoms. The van der Waals surface area contributed by atoms with E-state index in [0.717, 1.165) is 32.1 Å². The van der Waals surface area contributed by atoms with Crippen LogP contribution in [0.2, 0.25) is 0 Å². The Morgan fingerprint density at radius 1 is 1.00 bits per heavy atom. The van der Waals surface area contributed by atoms with Crippen molar-refractivity contribution < 1.29 is 19.1 Å². The van der Waals surface area contributed by atoms with Crippen molar-refractivity contribution in [3.8, 4) is 0 Å². The van der Waals surface area contributed by atoms with E-state index in [1.54, 1.807) is 0 Å². The van der Waals surface area contributed by atoms with Crippen molar-refractivity contribution in [2.24, 2.45) is 11.8 Å². The molecule has 1 unspecified atom stereocenters. The molecule has 0 N–H and O–H groups in total. The van der Waals surface area contributed by atoms with E-state index in [4.69, 9.17) is 9.47 Å². The third-order valence-corrected chi connectivity index (χ3v) is 4.76. The van der Waals surface area contributed by atoms with Gasteiger partial charge < -0.3 is 9.47 Å². The average Bonchev–Trinajstić information content (AvgIpc) is 2.59. The van der Waals surface area contributed by atoms with Crippen molar-refractivity contribution in [2.45, 2.75) is 84.5 Å². The highest BCUT2D eigenvalue weighted by molar-refractivity contribution is 5.77. The van der Waals surface area contributed by atoms with Crippen LogP contribution in [0.25, 0.3) is 0 Å². The average molecular weight is 326 g/mol. The Hall–Kier alpha value is -1.06. The van der Waals surface area contributed by atoms with Crippen LogP contribution >= 0.6 is 0 Å². The Morgan fingerprint density at radius 2 is 1.65 bits per heavy atom. The van der Waals surface area contributed by atoms with Gasteiger partial charge in [0.15, 0.2) is 0 Å². The Kier molecular flexibility index (Phi) is 10.8. The summed E-state index contributed by atoms with van der Waals surface area (Å²) in [6.07, 6.45) is 10.8. The van der Waals surface area contributed by atoms with Gasteiger partial charge in [-0.3, -0.25) is 9.59 Å². The molecule has 0 saturated heterocycles. The van der Waals surface area contributed by atoms with Gasteiger partial charge in [-0.05, 0) is 31.1 Å². The monoisotopic (exact) mass is 326 g/mol. The fourth-order valence-corrected chi connectivity index (χ4v) is 3.02. The van der Waals surface area contributed by atoms with Gasteiger partial charge in [0.1, 0.15) is 0 Å². The van der Waals surface area contributed by atoms with Crippen molar-refractivity contribution in [1.29, 1.82) is 0 Å². The van der Waals surface area contributed by atoms with Crippen LogP contribution in [0.1, 0.15) is 84.5 Å². The Morgan fingerprint density at radius 3 is 2.26 bits per heavy atom. The summed E-state index contributed by atoms with van der Waals surface area (Å²) < 4.78 is 10.6. The summed E-state index contributed by atoms with van der Waals surface area (Å²) in [7, 11) is 0. The topological polar surface area (TPSA) is 52.6 Å². The van der Waals surface area contributed by atoms with Gasteiger partial charge in [-0.1, -0.05) is 52.4 Å². The molecule has 1 saturated carbocycles. The molecule has 0 amide bonds. The lowest BCUT2D eigenvalue weighted by atomic mass is 9.90. The summed E-state index contributed by atoms with van der Waals surface area (Å²) in [5.41, 5.74) is 0. The first kappa shape index (κ1) is 20.0. The lowest BCUT2D eigenvalue weighted by Crippen LogP contribution is -2.18. The Balaban J connectivity index is 2.08. The maximum Gasteiger partial charge on any atom is 0.306 e. The quantitative estimate of drug-likeness (QED) is 0.519. The molecule has 0 radical (unpaired) electrons. The highest BCUT2D eigenvalue weighted by Gasteiger charge is 2.16. The second kappa shape index (κ2) is 12.4. The third-order valence-electron chi connectivity index (χ3n) is 4.76. The molecule has 0 aromatic rings. The van der Waals surface area contributed by atoms with Gasteiger partial charge in [0, 0.05) is 0 Å². The number of carbonyl (C=O) groups excluding carboxylic acids is 2. The van der Waals surface area contributed by atoms with E-state index in [1.165, 1.54) is 25.7 Å². The minimum absolute atomic E-state index is 0.133. The highest BCUT2D eigenvalue weighted by Crippen LogP contribution is 2.23. The van der Waals surface area contributed by atoms with Crippen molar-refractivity contribution in [3.05, 3.63) is 0 Å². The molecule has 0 aromatic heterocycles. The third kappa shape index (κ3) is 9.62. The standard InChI is InChI=1S/C19H34O4/c1-3-5-9-16(4-2)14-22-18(20)12-13-19(21)23-15-17-10-7-6-8-11-17/h16-17H,3-15H2,1-2H3. The summed E-state index contributed by atoms with van der Waals surface area (Å²) in [4.78, 5) is 23.4. The first-order valence-electron chi connectivity index (χ1n) is 9.46. The minimum Gasteiger partial charge on any atom is -0.465 e. The van der Waals surface area contributed by atoms with Crippen LogP contribution < -0.4 is 0 Å². The summed E-state index contributed by atoms with van der Waals surface area (Å²) >= 11 is 0. The van der Waals surface area contributed by atoms with Crippen molar-refractivity contribution in [2.75, 3.05) is 13.2 Å². The number of carbonyl (C=O) groups is 2. The SMILES string of the molecule is CCCCC(CC)COC(=O)CCC(=O)OCC1CCCCC1.